The van der Waals surface area contributed by atoms with Crippen LogP contribution in [0.15, 0.2) is 12.4 Å². The second-order valence-electron chi connectivity index (χ2n) is 3.15. The fourth-order valence-electron chi connectivity index (χ4n) is 1.11. The Balaban J connectivity index is 2.33. The maximum atomic E-state index is 10.7. The Labute approximate surface area is 83.2 Å². The molecule has 0 saturated carbocycles. The molecule has 0 aliphatic rings. The molecule has 5 heteroatoms. The summed E-state index contributed by atoms with van der Waals surface area (Å²) in [6.45, 7) is 3.01. The summed E-state index contributed by atoms with van der Waals surface area (Å²) < 4.78 is 0. The van der Waals surface area contributed by atoms with Gasteiger partial charge in [0, 0.05) is 6.54 Å². The van der Waals surface area contributed by atoms with Crippen molar-refractivity contribution >= 4 is 5.91 Å². The summed E-state index contributed by atoms with van der Waals surface area (Å²) in [4.78, 5) is 12.3. The Bertz CT molecular complexity index is 295. The molecule has 0 bridgehead atoms. The number of nitrogens with one attached hydrogen (secondary N) is 1. The highest BCUT2D eigenvalue weighted by molar-refractivity contribution is 5.92. The molecule has 1 rings (SSSR count). The average Bonchev–Trinajstić information content (AvgIpc) is 2.61. The molecule has 0 saturated heterocycles. The van der Waals surface area contributed by atoms with Crippen LogP contribution in [-0.4, -0.2) is 22.3 Å². The third-order valence-electron chi connectivity index (χ3n) is 1.92. The monoisotopic (exact) mass is 196 g/mol. The highest BCUT2D eigenvalue weighted by atomic mass is 16.1. The first-order valence-corrected chi connectivity index (χ1v) is 4.82. The topological polar surface area (TPSA) is 72.9 Å². The third-order valence-corrected chi connectivity index (χ3v) is 1.92. The molecule has 0 aromatic carbocycles. The van der Waals surface area contributed by atoms with Gasteiger partial charge in [0.2, 0.25) is 0 Å². The highest BCUT2D eigenvalue weighted by Gasteiger charge is 2.02. The second-order valence-corrected chi connectivity index (χ2v) is 3.15. The number of unbranched alkanes of at least 4 members (excludes halogenated alkanes) is 2. The van der Waals surface area contributed by atoms with Crippen molar-refractivity contribution in [1.82, 2.24) is 9.89 Å². The first kappa shape index (κ1) is 10.6. The average molecular weight is 196 g/mol. The fraction of sp³-hybridized carbons (Fsp3) is 0.556. The van der Waals surface area contributed by atoms with E-state index >= 15 is 0 Å². The minimum atomic E-state index is -0.452. The van der Waals surface area contributed by atoms with E-state index in [2.05, 4.69) is 17.4 Å². The number of carbonyl (C=O) groups excluding carboxylic acids is 1. The number of amides is 1. The molecular formula is C9H16N4O. The fourth-order valence-corrected chi connectivity index (χ4v) is 1.11. The normalized spacial score (nSPS) is 10.1. The molecule has 14 heavy (non-hydrogen) atoms. The zero-order chi connectivity index (χ0) is 10.4. The van der Waals surface area contributed by atoms with Gasteiger partial charge in [-0.15, -0.1) is 0 Å². The molecule has 1 aromatic heterocycles. The summed E-state index contributed by atoms with van der Waals surface area (Å²) in [5, 5.41) is 3.94. The lowest BCUT2D eigenvalue weighted by Crippen LogP contribution is -2.16. The highest BCUT2D eigenvalue weighted by Crippen LogP contribution is 1.95. The summed E-state index contributed by atoms with van der Waals surface area (Å²) in [5.74, 6) is -0.452. The number of aromatic nitrogens is 2. The van der Waals surface area contributed by atoms with E-state index in [1.807, 2.05) is 0 Å². The molecule has 5 nitrogen and oxygen atoms in total. The van der Waals surface area contributed by atoms with Crippen LogP contribution in [0.2, 0.25) is 0 Å². The summed E-state index contributed by atoms with van der Waals surface area (Å²) in [5.41, 5.74) is 8.56. The van der Waals surface area contributed by atoms with Crippen LogP contribution in [0.5, 0.6) is 0 Å². The Hall–Kier alpha value is -1.52. The Morgan fingerprint density at radius 3 is 3.00 bits per heavy atom. The molecule has 0 aliphatic carbocycles. The maximum absolute atomic E-state index is 10.7. The van der Waals surface area contributed by atoms with E-state index in [0.29, 0.717) is 5.56 Å². The van der Waals surface area contributed by atoms with Crippen molar-refractivity contribution in [2.24, 2.45) is 5.73 Å². The molecule has 78 valence electrons. The van der Waals surface area contributed by atoms with Gasteiger partial charge in [-0.2, -0.15) is 9.89 Å². The smallest absolute Gasteiger partial charge is 0.251 e. The number of hydrogen-bond donors (Lipinski definition) is 2. The van der Waals surface area contributed by atoms with Crippen LogP contribution in [-0.2, 0) is 0 Å². The predicted molar refractivity (Wildman–Crippen MR) is 54.5 cm³/mol. The largest absolute Gasteiger partial charge is 0.365 e. The van der Waals surface area contributed by atoms with Crippen molar-refractivity contribution in [2.45, 2.75) is 26.2 Å². The summed E-state index contributed by atoms with van der Waals surface area (Å²) in [6, 6.07) is 0. The quantitative estimate of drug-likeness (QED) is 0.658. The van der Waals surface area contributed by atoms with Gasteiger partial charge in [0.15, 0.2) is 0 Å². The van der Waals surface area contributed by atoms with Crippen LogP contribution in [0.1, 0.15) is 36.5 Å². The van der Waals surface area contributed by atoms with Gasteiger partial charge in [-0.25, -0.2) is 0 Å². The molecule has 0 spiro atoms. The molecule has 1 amide bonds. The minimum Gasteiger partial charge on any atom is -0.365 e. The third kappa shape index (κ3) is 3.08. The number of hydrogen-bond acceptors (Lipinski definition) is 3. The predicted octanol–water partition coefficient (Wildman–Crippen LogP) is 0.716. The van der Waals surface area contributed by atoms with Crippen molar-refractivity contribution in [3.05, 3.63) is 18.0 Å². The van der Waals surface area contributed by atoms with Gasteiger partial charge in [-0.3, -0.25) is 4.79 Å². The van der Waals surface area contributed by atoms with E-state index < -0.39 is 5.91 Å². The SMILES string of the molecule is CCCCCNn1cc(C(N)=O)cn1. The number of rotatable bonds is 6. The van der Waals surface area contributed by atoms with Crippen LogP contribution in [0.25, 0.3) is 0 Å². The van der Waals surface area contributed by atoms with E-state index in [9.17, 15) is 4.79 Å². The number of nitrogens with two attached hydrogens (primary N) is 1. The van der Waals surface area contributed by atoms with Crippen molar-refractivity contribution in [1.29, 1.82) is 0 Å². The van der Waals surface area contributed by atoms with Crippen LogP contribution < -0.4 is 11.2 Å². The molecule has 0 unspecified atom stereocenters. The second kappa shape index (κ2) is 5.26. The summed E-state index contributed by atoms with van der Waals surface area (Å²) in [7, 11) is 0. The molecule has 0 radical (unpaired) electrons. The van der Waals surface area contributed by atoms with Crippen molar-refractivity contribution in [2.75, 3.05) is 12.0 Å². The first-order valence-electron chi connectivity index (χ1n) is 4.82. The lowest BCUT2D eigenvalue weighted by atomic mass is 10.2. The zero-order valence-electron chi connectivity index (χ0n) is 8.36. The van der Waals surface area contributed by atoms with Crippen molar-refractivity contribution in [3.8, 4) is 0 Å². The van der Waals surface area contributed by atoms with Gasteiger partial charge in [0.25, 0.3) is 5.91 Å². The van der Waals surface area contributed by atoms with Gasteiger partial charge >= 0.3 is 0 Å². The minimum absolute atomic E-state index is 0.424. The van der Waals surface area contributed by atoms with Gasteiger partial charge in [-0.1, -0.05) is 19.8 Å². The van der Waals surface area contributed by atoms with Gasteiger partial charge in [-0.05, 0) is 6.42 Å². The van der Waals surface area contributed by atoms with E-state index in [1.165, 1.54) is 23.8 Å². The summed E-state index contributed by atoms with van der Waals surface area (Å²) >= 11 is 0. The molecular weight excluding hydrogens is 180 g/mol. The number of nitrogens with zero attached hydrogens (tertiary/aromatic N) is 2. The van der Waals surface area contributed by atoms with Crippen LogP contribution in [0.4, 0.5) is 0 Å². The van der Waals surface area contributed by atoms with E-state index in [0.717, 1.165) is 13.0 Å². The van der Waals surface area contributed by atoms with E-state index in [1.54, 1.807) is 6.20 Å². The standard InChI is InChI=1S/C9H16N4O/c1-2-3-4-5-11-13-7-8(6-12-13)9(10)14/h6-7,11H,2-5H2,1H3,(H2,10,14). The molecule has 1 heterocycles. The number of carbonyl (C=O) groups is 1. The van der Waals surface area contributed by atoms with Gasteiger partial charge in [0.1, 0.15) is 0 Å². The van der Waals surface area contributed by atoms with Crippen molar-refractivity contribution in [3.63, 3.8) is 0 Å². The maximum Gasteiger partial charge on any atom is 0.251 e. The molecule has 0 aliphatic heterocycles. The number of primary amides is 1. The Kier molecular flexibility index (Phi) is 3.97. The lowest BCUT2D eigenvalue weighted by molar-refractivity contribution is 0.100. The van der Waals surface area contributed by atoms with E-state index in [4.69, 9.17) is 5.73 Å². The molecule has 3 N–H and O–H groups in total. The van der Waals surface area contributed by atoms with Crippen LogP contribution in [0.3, 0.4) is 0 Å². The van der Waals surface area contributed by atoms with Gasteiger partial charge < -0.3 is 11.2 Å². The van der Waals surface area contributed by atoms with Crippen LogP contribution >= 0.6 is 0 Å². The van der Waals surface area contributed by atoms with Crippen molar-refractivity contribution < 1.29 is 4.79 Å². The van der Waals surface area contributed by atoms with Gasteiger partial charge in [0.05, 0.1) is 18.0 Å². The molecule has 1 aromatic rings. The van der Waals surface area contributed by atoms with Crippen LogP contribution in [0, 0.1) is 0 Å². The zero-order valence-corrected chi connectivity index (χ0v) is 8.36. The Morgan fingerprint density at radius 2 is 2.43 bits per heavy atom. The summed E-state index contributed by atoms with van der Waals surface area (Å²) in [6.07, 6.45) is 6.52. The lowest BCUT2D eigenvalue weighted by Gasteiger charge is -2.04. The molecule has 0 atom stereocenters. The first-order chi connectivity index (χ1) is 6.74. The Morgan fingerprint density at radius 1 is 1.64 bits per heavy atom. The van der Waals surface area contributed by atoms with E-state index in [-0.39, 0.29) is 0 Å². The molecule has 0 fully saturated rings.